The smallest absolute Gasteiger partial charge is 0.339 e. The summed E-state index contributed by atoms with van der Waals surface area (Å²) in [5, 5.41) is 4.95. The van der Waals surface area contributed by atoms with Gasteiger partial charge in [0.15, 0.2) is 12.3 Å². The van der Waals surface area contributed by atoms with Gasteiger partial charge >= 0.3 is 5.97 Å². The third-order valence-electron chi connectivity index (χ3n) is 4.16. The first kappa shape index (κ1) is 17.6. The van der Waals surface area contributed by atoms with Crippen LogP contribution in [0, 0.1) is 13.8 Å². The number of pyridine rings is 1. The van der Waals surface area contributed by atoms with Crippen LogP contribution in [0.3, 0.4) is 0 Å². The maximum Gasteiger partial charge on any atom is 0.339 e. The van der Waals surface area contributed by atoms with E-state index in [9.17, 15) is 9.59 Å². The molecule has 2 heterocycles. The highest BCUT2D eigenvalue weighted by atomic mass is 16.5. The molecule has 1 aromatic carbocycles. The van der Waals surface area contributed by atoms with E-state index in [1.807, 2.05) is 37.3 Å². The summed E-state index contributed by atoms with van der Waals surface area (Å²) in [6.45, 7) is 3.27. The Morgan fingerprint density at radius 3 is 2.58 bits per heavy atom. The van der Waals surface area contributed by atoms with Crippen LogP contribution < -0.4 is 4.90 Å². The molecule has 0 saturated heterocycles. The number of aryl methyl sites for hydroxylation is 3. The summed E-state index contributed by atoms with van der Waals surface area (Å²) < 4.78 is 6.89. The second kappa shape index (κ2) is 6.95. The molecule has 3 rings (SSSR count). The molecule has 0 radical (unpaired) electrons. The number of benzene rings is 1. The van der Waals surface area contributed by atoms with E-state index >= 15 is 0 Å². The lowest BCUT2D eigenvalue weighted by molar-refractivity contribution is -0.121. The van der Waals surface area contributed by atoms with Crippen LogP contribution >= 0.6 is 0 Å². The van der Waals surface area contributed by atoms with Gasteiger partial charge in [-0.3, -0.25) is 9.48 Å². The number of hydrogen-bond donors (Lipinski definition) is 0. The van der Waals surface area contributed by atoms with Crippen molar-refractivity contribution in [3.63, 3.8) is 0 Å². The van der Waals surface area contributed by atoms with Gasteiger partial charge in [0, 0.05) is 25.5 Å². The Balaban J connectivity index is 1.79. The average molecular weight is 352 g/mol. The molecule has 2 aromatic heterocycles. The highest BCUT2D eigenvalue weighted by Crippen LogP contribution is 2.22. The van der Waals surface area contributed by atoms with Gasteiger partial charge in [0.2, 0.25) is 0 Å². The van der Waals surface area contributed by atoms with Crippen molar-refractivity contribution < 1.29 is 14.3 Å². The number of carbonyl (C=O) groups excluding carboxylic acids is 2. The first-order valence-electron chi connectivity index (χ1n) is 8.18. The quantitative estimate of drug-likeness (QED) is 0.674. The Morgan fingerprint density at radius 2 is 1.88 bits per heavy atom. The summed E-state index contributed by atoms with van der Waals surface area (Å²) in [7, 11) is 3.42. The van der Waals surface area contributed by atoms with Gasteiger partial charge < -0.3 is 9.64 Å². The molecule has 0 unspecified atom stereocenters. The predicted octanol–water partition coefficient (Wildman–Crippen LogP) is 2.40. The van der Waals surface area contributed by atoms with Gasteiger partial charge in [-0.05, 0) is 32.0 Å². The lowest BCUT2D eigenvalue weighted by Gasteiger charge is -2.17. The maximum atomic E-state index is 12.6. The Hall–Kier alpha value is -3.22. The van der Waals surface area contributed by atoms with Gasteiger partial charge in [-0.2, -0.15) is 5.10 Å². The fourth-order valence-corrected chi connectivity index (χ4v) is 2.83. The van der Waals surface area contributed by atoms with Crippen LogP contribution in [0.2, 0.25) is 0 Å². The minimum Gasteiger partial charge on any atom is -0.452 e. The monoisotopic (exact) mass is 352 g/mol. The molecule has 1 amide bonds. The molecule has 26 heavy (non-hydrogen) atoms. The number of hydrogen-bond acceptors (Lipinski definition) is 5. The lowest BCUT2D eigenvalue weighted by atomic mass is 10.1. The number of rotatable bonds is 4. The molecule has 0 aliphatic heterocycles. The fraction of sp³-hybridized carbons (Fsp3) is 0.263. The Kier molecular flexibility index (Phi) is 4.71. The molecule has 0 aliphatic rings. The molecule has 0 spiro atoms. The zero-order valence-corrected chi connectivity index (χ0v) is 15.2. The minimum atomic E-state index is -0.564. The molecule has 0 saturated carbocycles. The standard InChI is InChI=1S/C19H20N4O3/c1-12-10-15(17-13(2)21-23(4)18(17)20-12)19(25)26-11-16(24)22(3)14-8-6-5-7-9-14/h5-10H,11H2,1-4H3. The third-order valence-corrected chi connectivity index (χ3v) is 4.16. The van der Waals surface area contributed by atoms with Crippen molar-refractivity contribution in [1.29, 1.82) is 0 Å². The molecule has 3 aromatic rings. The summed E-state index contributed by atoms with van der Waals surface area (Å²) in [5.41, 5.74) is 3.09. The Morgan fingerprint density at radius 1 is 1.19 bits per heavy atom. The third kappa shape index (κ3) is 3.28. The van der Waals surface area contributed by atoms with Gasteiger partial charge in [0.25, 0.3) is 5.91 Å². The minimum absolute atomic E-state index is 0.311. The summed E-state index contributed by atoms with van der Waals surface area (Å²) in [4.78, 5) is 30.8. The predicted molar refractivity (Wildman–Crippen MR) is 98.1 cm³/mol. The number of carbonyl (C=O) groups is 2. The first-order chi connectivity index (χ1) is 12.4. The molecule has 7 heteroatoms. The van der Waals surface area contributed by atoms with Gasteiger partial charge in [0.05, 0.1) is 16.6 Å². The van der Waals surface area contributed by atoms with E-state index in [4.69, 9.17) is 4.74 Å². The molecule has 0 N–H and O–H groups in total. The van der Waals surface area contributed by atoms with Crippen LogP contribution in [0.1, 0.15) is 21.7 Å². The zero-order chi connectivity index (χ0) is 18.8. The fourth-order valence-electron chi connectivity index (χ4n) is 2.83. The molecule has 0 aliphatic carbocycles. The van der Waals surface area contributed by atoms with Crippen LogP contribution in [0.15, 0.2) is 36.4 Å². The van der Waals surface area contributed by atoms with Gasteiger partial charge in [-0.25, -0.2) is 9.78 Å². The summed E-state index contributed by atoms with van der Waals surface area (Å²) in [6.07, 6.45) is 0. The van der Waals surface area contributed by atoms with Gasteiger partial charge in [-0.1, -0.05) is 18.2 Å². The number of anilines is 1. The van der Waals surface area contributed by atoms with Gasteiger partial charge in [0.1, 0.15) is 0 Å². The van der Waals surface area contributed by atoms with E-state index < -0.39 is 5.97 Å². The Bertz CT molecular complexity index is 979. The van der Waals surface area contributed by atoms with E-state index in [2.05, 4.69) is 10.1 Å². The highest BCUT2D eigenvalue weighted by molar-refractivity contribution is 6.05. The molecule has 0 bridgehead atoms. The number of para-hydroxylation sites is 1. The number of esters is 1. The number of amides is 1. The van der Waals surface area contributed by atoms with E-state index in [-0.39, 0.29) is 12.5 Å². The van der Waals surface area contributed by atoms with Crippen molar-refractivity contribution >= 4 is 28.6 Å². The SMILES string of the molecule is Cc1cc(C(=O)OCC(=O)N(C)c2ccccc2)c2c(C)nn(C)c2n1. The lowest BCUT2D eigenvalue weighted by Crippen LogP contribution is -2.31. The van der Waals surface area contributed by atoms with Crippen LogP contribution in [0.4, 0.5) is 5.69 Å². The molecular weight excluding hydrogens is 332 g/mol. The van der Waals surface area contributed by atoms with Crippen molar-refractivity contribution in [2.75, 3.05) is 18.6 Å². The van der Waals surface area contributed by atoms with Crippen molar-refractivity contribution in [1.82, 2.24) is 14.8 Å². The molecule has 134 valence electrons. The normalized spacial score (nSPS) is 10.8. The van der Waals surface area contributed by atoms with E-state index in [1.165, 1.54) is 4.90 Å². The largest absolute Gasteiger partial charge is 0.452 e. The van der Waals surface area contributed by atoms with Crippen LogP contribution in [-0.4, -0.2) is 40.3 Å². The van der Waals surface area contributed by atoms with E-state index in [0.29, 0.717) is 28.0 Å². The van der Waals surface area contributed by atoms with Crippen molar-refractivity contribution in [2.24, 2.45) is 7.05 Å². The van der Waals surface area contributed by atoms with Gasteiger partial charge in [-0.15, -0.1) is 0 Å². The first-order valence-corrected chi connectivity index (χ1v) is 8.18. The summed E-state index contributed by atoms with van der Waals surface area (Å²) >= 11 is 0. The van der Waals surface area contributed by atoms with E-state index in [1.54, 1.807) is 31.8 Å². The number of aromatic nitrogens is 3. The average Bonchev–Trinajstić information content (AvgIpc) is 2.92. The highest BCUT2D eigenvalue weighted by Gasteiger charge is 2.20. The summed E-state index contributed by atoms with van der Waals surface area (Å²) in [6, 6.07) is 10.8. The number of likely N-dealkylation sites (N-methyl/N-ethyl adjacent to an activating group) is 1. The second-order valence-electron chi connectivity index (χ2n) is 6.08. The second-order valence-corrected chi connectivity index (χ2v) is 6.08. The zero-order valence-electron chi connectivity index (χ0n) is 15.2. The maximum absolute atomic E-state index is 12.6. The van der Waals surface area contributed by atoms with Crippen LogP contribution in [-0.2, 0) is 16.6 Å². The summed E-state index contributed by atoms with van der Waals surface area (Å²) in [5.74, 6) is -0.874. The number of nitrogens with zero attached hydrogens (tertiary/aromatic N) is 4. The van der Waals surface area contributed by atoms with Crippen molar-refractivity contribution in [3.05, 3.63) is 53.3 Å². The van der Waals surface area contributed by atoms with Crippen LogP contribution in [0.25, 0.3) is 11.0 Å². The van der Waals surface area contributed by atoms with Crippen molar-refractivity contribution in [3.8, 4) is 0 Å². The topological polar surface area (TPSA) is 77.3 Å². The van der Waals surface area contributed by atoms with Crippen molar-refractivity contribution in [2.45, 2.75) is 13.8 Å². The molecule has 7 nitrogen and oxygen atoms in total. The molecule has 0 atom stereocenters. The number of ether oxygens (including phenoxy) is 1. The molecule has 0 fully saturated rings. The van der Waals surface area contributed by atoms with E-state index in [0.717, 1.165) is 5.69 Å². The number of fused-ring (bicyclic) bond motifs is 1. The van der Waals surface area contributed by atoms with Crippen LogP contribution in [0.5, 0.6) is 0 Å². The molecular formula is C19H20N4O3. The Labute approximate surface area is 151 Å².